The normalized spacial score (nSPS) is 50.3. The Morgan fingerprint density at radius 2 is 1.85 bits per heavy atom. The zero-order valence-electron chi connectivity index (χ0n) is 21.7. The van der Waals surface area contributed by atoms with Crippen molar-refractivity contribution >= 4 is 0 Å². The van der Waals surface area contributed by atoms with Gasteiger partial charge in [0.25, 0.3) is 0 Å². The largest absolute Gasteiger partial charge is 0.387 e. The number of hydrogen-bond donors (Lipinski definition) is 1. The van der Waals surface area contributed by atoms with Gasteiger partial charge in [-0.05, 0) is 67.8 Å². The number of nitrogens with zero attached hydrogens (tertiary/aromatic N) is 1. The molecule has 5 fully saturated rings. The number of aliphatic hydroxyl groups is 1. The zero-order chi connectivity index (χ0) is 23.4. The molecule has 33 heavy (non-hydrogen) atoms. The van der Waals surface area contributed by atoms with E-state index in [1.165, 1.54) is 30.4 Å². The number of hydrogen-bond acceptors (Lipinski definition) is 5. The lowest BCUT2D eigenvalue weighted by Crippen LogP contribution is -2.63. The smallest absolute Gasteiger partial charge is 0.171 e. The van der Waals surface area contributed by atoms with Gasteiger partial charge in [-0.15, -0.1) is 0 Å². The van der Waals surface area contributed by atoms with Gasteiger partial charge in [-0.2, -0.15) is 0 Å². The number of likely N-dealkylation sites (tertiary alicyclic amines) is 1. The highest BCUT2D eigenvalue weighted by Crippen LogP contribution is 2.66. The first-order chi connectivity index (χ1) is 15.5. The molecule has 0 spiro atoms. The standard InChI is InChI=1S/C28H45NO4/c1-7-28(30)15-29(16-28)13-21-32-23-22-17(2)8-10-26(5,25(22,3)4)12-19-18-14-31-20(18)9-11-27(19,6)24(23)33-21/h18-21,23-24,30H,7-16H2,1-6H3/t18-,19?,20+,21+,23+,24+,26-,27+/m0/s1. The van der Waals surface area contributed by atoms with Gasteiger partial charge in [0, 0.05) is 31.0 Å². The summed E-state index contributed by atoms with van der Waals surface area (Å²) >= 11 is 0. The predicted octanol–water partition coefficient (Wildman–Crippen LogP) is 4.53. The fraction of sp³-hybridized carbons (Fsp3) is 0.929. The second-order valence-electron chi connectivity index (χ2n) is 13.6. The van der Waals surface area contributed by atoms with Crippen molar-refractivity contribution in [1.29, 1.82) is 0 Å². The van der Waals surface area contributed by atoms with Gasteiger partial charge >= 0.3 is 0 Å². The van der Waals surface area contributed by atoms with Crippen LogP contribution < -0.4 is 0 Å². The van der Waals surface area contributed by atoms with Crippen LogP contribution >= 0.6 is 0 Å². The van der Waals surface area contributed by atoms with E-state index in [4.69, 9.17) is 14.2 Å². The van der Waals surface area contributed by atoms with Gasteiger partial charge in [0.1, 0.15) is 6.10 Å². The Morgan fingerprint density at radius 1 is 1.09 bits per heavy atom. The van der Waals surface area contributed by atoms with Gasteiger partial charge < -0.3 is 19.3 Å². The molecule has 6 aliphatic rings. The summed E-state index contributed by atoms with van der Waals surface area (Å²) in [6, 6.07) is 0. The van der Waals surface area contributed by atoms with Crippen LogP contribution in [0, 0.1) is 28.1 Å². The summed E-state index contributed by atoms with van der Waals surface area (Å²) in [5.41, 5.74) is 3.02. The molecule has 0 radical (unpaired) electrons. The third-order valence-electron chi connectivity index (χ3n) is 11.6. The zero-order valence-corrected chi connectivity index (χ0v) is 21.7. The fourth-order valence-corrected chi connectivity index (χ4v) is 8.75. The van der Waals surface area contributed by atoms with E-state index >= 15 is 0 Å². The first kappa shape index (κ1) is 23.0. The first-order valence-electron chi connectivity index (χ1n) is 13.6. The maximum absolute atomic E-state index is 10.5. The second kappa shape index (κ2) is 7.29. The topological polar surface area (TPSA) is 51.2 Å². The van der Waals surface area contributed by atoms with Crippen LogP contribution in [0.1, 0.15) is 80.1 Å². The summed E-state index contributed by atoms with van der Waals surface area (Å²) in [7, 11) is 0. The Morgan fingerprint density at radius 3 is 2.52 bits per heavy atom. The minimum atomic E-state index is -0.522. The third-order valence-corrected chi connectivity index (χ3v) is 11.6. The molecule has 2 bridgehead atoms. The fourth-order valence-electron chi connectivity index (χ4n) is 8.75. The van der Waals surface area contributed by atoms with Crippen LogP contribution in [0.2, 0.25) is 0 Å². The summed E-state index contributed by atoms with van der Waals surface area (Å²) in [5, 5.41) is 10.5. The summed E-state index contributed by atoms with van der Waals surface area (Å²) in [6.07, 6.45) is 7.24. The van der Waals surface area contributed by atoms with Gasteiger partial charge in [0.2, 0.25) is 0 Å². The molecule has 1 N–H and O–H groups in total. The van der Waals surface area contributed by atoms with Crippen molar-refractivity contribution in [3.8, 4) is 0 Å². The minimum Gasteiger partial charge on any atom is -0.387 e. The maximum Gasteiger partial charge on any atom is 0.171 e. The maximum atomic E-state index is 10.5. The molecule has 186 valence electrons. The Kier molecular flexibility index (Phi) is 5.07. The van der Waals surface area contributed by atoms with Crippen LogP contribution in [0.4, 0.5) is 0 Å². The SMILES string of the molecule is CCC1(O)CN(C[C@@H]2O[C@@H]3C4=C(C)CC[C@@](C)(CC5[C@@H]6CO[C@@H]6CC[C@@]5(C)[C@@H]3O2)C4(C)C)C1. The van der Waals surface area contributed by atoms with E-state index in [-0.39, 0.29) is 34.7 Å². The van der Waals surface area contributed by atoms with Crippen molar-refractivity contribution in [3.05, 3.63) is 11.1 Å². The van der Waals surface area contributed by atoms with E-state index in [9.17, 15) is 5.11 Å². The van der Waals surface area contributed by atoms with Crippen molar-refractivity contribution < 1.29 is 19.3 Å². The van der Waals surface area contributed by atoms with E-state index in [0.717, 1.165) is 45.5 Å². The molecule has 5 nitrogen and oxygen atoms in total. The van der Waals surface area contributed by atoms with Crippen LogP contribution in [0.5, 0.6) is 0 Å². The Hall–Kier alpha value is -0.460. The minimum absolute atomic E-state index is 0.0429. The molecular weight excluding hydrogens is 414 g/mol. The molecule has 0 amide bonds. The lowest BCUT2D eigenvalue weighted by molar-refractivity contribution is -0.227. The summed E-state index contributed by atoms with van der Waals surface area (Å²) in [6.45, 7) is 17.6. The van der Waals surface area contributed by atoms with Gasteiger partial charge in [-0.1, -0.05) is 40.2 Å². The molecule has 2 saturated carbocycles. The van der Waals surface area contributed by atoms with Gasteiger partial charge in [-0.25, -0.2) is 0 Å². The van der Waals surface area contributed by atoms with E-state index in [2.05, 4.69) is 46.4 Å². The Balaban J connectivity index is 1.36. The number of fused-ring (bicyclic) bond motifs is 8. The average Bonchev–Trinajstić information content (AvgIpc) is 3.11. The van der Waals surface area contributed by atoms with E-state index in [1.54, 1.807) is 0 Å². The summed E-state index contributed by atoms with van der Waals surface area (Å²) < 4.78 is 19.9. The predicted molar refractivity (Wildman–Crippen MR) is 128 cm³/mol. The van der Waals surface area contributed by atoms with Crippen LogP contribution in [0.3, 0.4) is 0 Å². The van der Waals surface area contributed by atoms with Crippen molar-refractivity contribution in [2.45, 2.75) is 110 Å². The van der Waals surface area contributed by atoms with Crippen molar-refractivity contribution in [2.75, 3.05) is 26.2 Å². The van der Waals surface area contributed by atoms with Gasteiger partial charge in [-0.3, -0.25) is 4.90 Å². The lowest BCUT2D eigenvalue weighted by Gasteiger charge is -2.63. The highest BCUT2D eigenvalue weighted by molar-refractivity contribution is 5.34. The summed E-state index contributed by atoms with van der Waals surface area (Å²) in [5.74, 6) is 1.29. The lowest BCUT2D eigenvalue weighted by atomic mass is 9.44. The monoisotopic (exact) mass is 459 g/mol. The summed E-state index contributed by atoms with van der Waals surface area (Å²) in [4.78, 5) is 2.31. The molecule has 3 aliphatic heterocycles. The van der Waals surface area contributed by atoms with Crippen molar-refractivity contribution in [3.63, 3.8) is 0 Å². The van der Waals surface area contributed by atoms with Crippen LogP contribution in [0.25, 0.3) is 0 Å². The van der Waals surface area contributed by atoms with Crippen LogP contribution in [-0.4, -0.2) is 66.5 Å². The van der Waals surface area contributed by atoms with E-state index in [1.807, 2.05) is 0 Å². The third kappa shape index (κ3) is 3.15. The molecule has 0 aromatic rings. The molecule has 6 rings (SSSR count). The van der Waals surface area contributed by atoms with Crippen molar-refractivity contribution in [1.82, 2.24) is 4.90 Å². The molecule has 0 aromatic heterocycles. The highest BCUT2D eigenvalue weighted by atomic mass is 16.7. The molecule has 5 heteroatoms. The number of β-amino-alcohol motifs (C(OH)–C–C–N with tert-alkyl or cyclic N) is 1. The first-order valence-corrected chi connectivity index (χ1v) is 13.6. The van der Waals surface area contributed by atoms with Gasteiger partial charge in [0.05, 0.1) is 24.4 Å². The molecule has 3 aliphatic carbocycles. The van der Waals surface area contributed by atoms with Crippen molar-refractivity contribution in [2.24, 2.45) is 28.1 Å². The van der Waals surface area contributed by atoms with E-state index < -0.39 is 5.60 Å². The molecule has 8 atom stereocenters. The number of allylic oxidation sites excluding steroid dienone is 1. The molecule has 3 heterocycles. The highest BCUT2D eigenvalue weighted by Gasteiger charge is 2.65. The Labute approximate surface area is 200 Å². The van der Waals surface area contributed by atoms with E-state index in [0.29, 0.717) is 17.9 Å². The van der Waals surface area contributed by atoms with Crippen LogP contribution in [0.15, 0.2) is 11.1 Å². The van der Waals surface area contributed by atoms with Crippen LogP contribution in [-0.2, 0) is 14.2 Å². The Bertz CT molecular complexity index is 847. The average molecular weight is 460 g/mol. The quantitative estimate of drug-likeness (QED) is 0.629. The second-order valence-corrected chi connectivity index (χ2v) is 13.6. The number of ether oxygens (including phenoxy) is 3. The molecule has 1 unspecified atom stereocenters. The molecular formula is C28H45NO4. The molecule has 0 aromatic carbocycles. The molecule has 3 saturated heterocycles. The number of rotatable bonds is 3. The van der Waals surface area contributed by atoms with Gasteiger partial charge in [0.15, 0.2) is 6.29 Å².